The highest BCUT2D eigenvalue weighted by Gasteiger charge is 2.12. The number of alkyl halides is 2. The number of aryl methyl sites for hydroxylation is 1. The van der Waals surface area contributed by atoms with E-state index in [2.05, 4.69) is 20.5 Å². The fourth-order valence-corrected chi connectivity index (χ4v) is 2.15. The molecule has 1 amide bonds. The van der Waals surface area contributed by atoms with Crippen LogP contribution in [-0.4, -0.2) is 26.8 Å². The number of hydrogen-bond acceptors (Lipinski definition) is 4. The number of nitrogens with zero attached hydrogens (tertiary/aromatic N) is 2. The van der Waals surface area contributed by atoms with Gasteiger partial charge in [-0.05, 0) is 30.7 Å². The van der Waals surface area contributed by atoms with Crippen LogP contribution < -0.4 is 5.32 Å². The van der Waals surface area contributed by atoms with Crippen LogP contribution in [0.3, 0.4) is 0 Å². The molecule has 0 radical (unpaired) electrons. The van der Waals surface area contributed by atoms with Crippen LogP contribution >= 0.6 is 11.8 Å². The molecular weight excluding hydrogens is 298 g/mol. The number of amides is 1. The van der Waals surface area contributed by atoms with E-state index in [1.165, 1.54) is 12.1 Å². The number of H-pyrrole nitrogens is 1. The number of rotatable bonds is 6. The molecule has 1 heterocycles. The number of hydrogen-bond donors (Lipinski definition) is 2. The normalized spacial score (nSPS) is 10.9. The van der Waals surface area contributed by atoms with E-state index < -0.39 is 11.7 Å². The van der Waals surface area contributed by atoms with Gasteiger partial charge in [0.25, 0.3) is 11.7 Å². The Bertz CT molecular complexity index is 600. The number of aromatic nitrogens is 3. The summed E-state index contributed by atoms with van der Waals surface area (Å²) in [7, 11) is 0. The van der Waals surface area contributed by atoms with Crippen LogP contribution in [0.15, 0.2) is 29.2 Å². The van der Waals surface area contributed by atoms with Crippen LogP contribution in [0.1, 0.15) is 29.8 Å². The fraction of sp³-hybridized carbons (Fsp3) is 0.308. The number of thioether (sulfide) groups is 1. The average Bonchev–Trinajstić information content (AvgIpc) is 2.89. The molecule has 0 aliphatic rings. The van der Waals surface area contributed by atoms with E-state index in [9.17, 15) is 13.6 Å². The molecule has 0 atom stereocenters. The molecule has 0 spiro atoms. The summed E-state index contributed by atoms with van der Waals surface area (Å²) in [5.41, 5.74) is 0.500. The SMILES string of the molecule is CCCc1nc(C(=O)Nc2ccc(SC(F)F)cc2)n[nH]1. The molecule has 0 fully saturated rings. The van der Waals surface area contributed by atoms with Gasteiger partial charge in [-0.25, -0.2) is 4.98 Å². The molecule has 0 saturated heterocycles. The van der Waals surface area contributed by atoms with Gasteiger partial charge in [0.2, 0.25) is 5.82 Å². The van der Waals surface area contributed by atoms with Crippen LogP contribution in [0.4, 0.5) is 14.5 Å². The van der Waals surface area contributed by atoms with E-state index in [0.29, 0.717) is 28.2 Å². The number of aromatic amines is 1. The first-order chi connectivity index (χ1) is 10.1. The molecule has 2 aromatic rings. The van der Waals surface area contributed by atoms with E-state index in [4.69, 9.17) is 0 Å². The van der Waals surface area contributed by atoms with Crippen molar-refractivity contribution in [1.82, 2.24) is 15.2 Å². The lowest BCUT2D eigenvalue weighted by Crippen LogP contribution is -2.13. The zero-order chi connectivity index (χ0) is 15.2. The van der Waals surface area contributed by atoms with Crippen molar-refractivity contribution in [3.63, 3.8) is 0 Å². The van der Waals surface area contributed by atoms with Crippen molar-refractivity contribution in [2.45, 2.75) is 30.4 Å². The molecule has 0 aliphatic carbocycles. The lowest BCUT2D eigenvalue weighted by Gasteiger charge is -2.04. The lowest BCUT2D eigenvalue weighted by molar-refractivity contribution is 0.101. The Labute approximate surface area is 124 Å². The van der Waals surface area contributed by atoms with Crippen LogP contribution in [0.25, 0.3) is 0 Å². The topological polar surface area (TPSA) is 70.7 Å². The summed E-state index contributed by atoms with van der Waals surface area (Å²) in [5, 5.41) is 9.15. The number of carbonyl (C=O) groups excluding carboxylic acids is 1. The zero-order valence-electron chi connectivity index (χ0n) is 11.3. The predicted molar refractivity (Wildman–Crippen MR) is 76.6 cm³/mol. The molecule has 1 aromatic heterocycles. The minimum atomic E-state index is -2.46. The van der Waals surface area contributed by atoms with Crippen LogP contribution in [0.5, 0.6) is 0 Å². The molecule has 1 aromatic carbocycles. The van der Waals surface area contributed by atoms with Crippen molar-refractivity contribution in [1.29, 1.82) is 0 Å². The fourth-order valence-electron chi connectivity index (χ4n) is 1.65. The molecule has 8 heteroatoms. The van der Waals surface area contributed by atoms with Gasteiger partial charge >= 0.3 is 0 Å². The predicted octanol–water partition coefficient (Wildman–Crippen LogP) is 3.32. The zero-order valence-corrected chi connectivity index (χ0v) is 12.1. The van der Waals surface area contributed by atoms with Crippen molar-refractivity contribution >= 4 is 23.4 Å². The van der Waals surface area contributed by atoms with Crippen molar-refractivity contribution in [3.05, 3.63) is 35.9 Å². The summed E-state index contributed by atoms with van der Waals surface area (Å²) in [5.74, 6) is -2.19. The number of nitrogens with one attached hydrogen (secondary N) is 2. The highest BCUT2D eigenvalue weighted by molar-refractivity contribution is 7.99. The van der Waals surface area contributed by atoms with Crippen LogP contribution in [-0.2, 0) is 6.42 Å². The second-order valence-corrected chi connectivity index (χ2v) is 5.28. The monoisotopic (exact) mass is 312 g/mol. The van der Waals surface area contributed by atoms with Crippen molar-refractivity contribution < 1.29 is 13.6 Å². The minimum Gasteiger partial charge on any atom is -0.319 e. The van der Waals surface area contributed by atoms with Gasteiger partial charge in [-0.1, -0.05) is 18.7 Å². The van der Waals surface area contributed by atoms with E-state index >= 15 is 0 Å². The summed E-state index contributed by atoms with van der Waals surface area (Å²) in [4.78, 5) is 16.4. The molecule has 0 unspecified atom stereocenters. The molecule has 21 heavy (non-hydrogen) atoms. The smallest absolute Gasteiger partial charge is 0.295 e. The molecule has 5 nitrogen and oxygen atoms in total. The van der Waals surface area contributed by atoms with Gasteiger partial charge in [0.05, 0.1) is 0 Å². The first-order valence-electron chi connectivity index (χ1n) is 6.36. The maximum absolute atomic E-state index is 12.2. The van der Waals surface area contributed by atoms with Gasteiger partial charge in [0.15, 0.2) is 0 Å². The Balaban J connectivity index is 1.98. The van der Waals surface area contributed by atoms with E-state index in [0.717, 1.165) is 12.8 Å². The minimum absolute atomic E-state index is 0.0597. The summed E-state index contributed by atoms with van der Waals surface area (Å²) in [6, 6.07) is 6.16. The second kappa shape index (κ2) is 7.16. The average molecular weight is 312 g/mol. The van der Waals surface area contributed by atoms with E-state index in [-0.39, 0.29) is 5.82 Å². The molecule has 0 bridgehead atoms. The van der Waals surface area contributed by atoms with Gasteiger partial charge in [-0.15, -0.1) is 5.10 Å². The van der Waals surface area contributed by atoms with E-state index in [1.54, 1.807) is 12.1 Å². The molecule has 2 rings (SSSR count). The number of halogens is 2. The summed E-state index contributed by atoms with van der Waals surface area (Å²) in [6.07, 6.45) is 1.62. The highest BCUT2D eigenvalue weighted by Crippen LogP contribution is 2.26. The van der Waals surface area contributed by atoms with Crippen LogP contribution in [0.2, 0.25) is 0 Å². The Morgan fingerprint density at radius 1 is 1.38 bits per heavy atom. The Kier molecular flexibility index (Phi) is 5.26. The third-order valence-corrected chi connectivity index (χ3v) is 3.28. The Hall–Kier alpha value is -1.96. The van der Waals surface area contributed by atoms with E-state index in [1.807, 2.05) is 6.92 Å². The third-order valence-electron chi connectivity index (χ3n) is 2.56. The molecule has 2 N–H and O–H groups in total. The van der Waals surface area contributed by atoms with Gasteiger partial charge in [-0.3, -0.25) is 9.89 Å². The molecule has 0 saturated carbocycles. The second-order valence-electron chi connectivity index (χ2n) is 4.21. The van der Waals surface area contributed by atoms with Crippen molar-refractivity contribution in [2.24, 2.45) is 0 Å². The summed E-state index contributed by atoms with van der Waals surface area (Å²) >= 11 is 0.455. The Morgan fingerprint density at radius 3 is 2.71 bits per heavy atom. The molecule has 0 aliphatic heterocycles. The maximum atomic E-state index is 12.2. The van der Waals surface area contributed by atoms with Crippen LogP contribution in [0, 0.1) is 0 Å². The van der Waals surface area contributed by atoms with Gasteiger partial charge in [-0.2, -0.15) is 8.78 Å². The lowest BCUT2D eigenvalue weighted by atomic mass is 10.3. The van der Waals surface area contributed by atoms with Gasteiger partial charge < -0.3 is 5.32 Å². The summed E-state index contributed by atoms with van der Waals surface area (Å²) < 4.78 is 24.4. The van der Waals surface area contributed by atoms with Crippen molar-refractivity contribution in [2.75, 3.05) is 5.32 Å². The van der Waals surface area contributed by atoms with Gasteiger partial charge in [0, 0.05) is 17.0 Å². The number of benzene rings is 1. The molecular formula is C13H14F2N4OS. The first-order valence-corrected chi connectivity index (χ1v) is 7.24. The third kappa shape index (κ3) is 4.52. The first kappa shape index (κ1) is 15.4. The van der Waals surface area contributed by atoms with Gasteiger partial charge in [0.1, 0.15) is 5.82 Å². The van der Waals surface area contributed by atoms with Crippen molar-refractivity contribution in [3.8, 4) is 0 Å². The number of anilines is 1. The molecule has 112 valence electrons. The largest absolute Gasteiger partial charge is 0.319 e. The number of carbonyl (C=O) groups is 1. The highest BCUT2D eigenvalue weighted by atomic mass is 32.2. The Morgan fingerprint density at radius 2 is 2.10 bits per heavy atom. The summed E-state index contributed by atoms with van der Waals surface area (Å²) in [6.45, 7) is 2.00. The standard InChI is InChI=1S/C13H14F2N4OS/c1-2-3-10-17-11(19-18-10)12(20)16-8-4-6-9(7-5-8)21-13(14)15/h4-7,13H,2-3H2,1H3,(H,16,20)(H,17,18,19). The maximum Gasteiger partial charge on any atom is 0.295 e. The quantitative estimate of drug-likeness (QED) is 0.803.